The van der Waals surface area contributed by atoms with Crippen LogP contribution in [0, 0.1) is 10.1 Å². The smallest absolute Gasteiger partial charge is 0.367 e. The van der Waals surface area contributed by atoms with Crippen molar-refractivity contribution in [2.45, 2.75) is 5.88 Å². The lowest BCUT2D eigenvalue weighted by Crippen LogP contribution is -1.96. The first-order chi connectivity index (χ1) is 6.17. The Morgan fingerprint density at radius 3 is 2.85 bits per heavy atom. The molecule has 0 atom stereocenters. The molecule has 0 fully saturated rings. The predicted molar refractivity (Wildman–Crippen MR) is 47.0 cm³/mol. The van der Waals surface area contributed by atoms with E-state index in [2.05, 4.69) is 4.98 Å². The molecule has 0 aromatic carbocycles. The van der Waals surface area contributed by atoms with Gasteiger partial charge in [-0.05, 0) is 9.91 Å². The van der Waals surface area contributed by atoms with E-state index in [4.69, 9.17) is 16.3 Å². The van der Waals surface area contributed by atoms with Crippen LogP contribution >= 0.6 is 11.6 Å². The Bertz CT molecular complexity index is 307. The molecule has 0 amide bonds. The molecule has 0 N–H and O–H groups in total. The molecule has 1 aromatic rings. The second-order valence-corrected chi connectivity index (χ2v) is 2.51. The summed E-state index contributed by atoms with van der Waals surface area (Å²) in [6.45, 7) is 0. The van der Waals surface area contributed by atoms with Crippen LogP contribution in [0.5, 0.6) is 5.75 Å². The highest BCUT2D eigenvalue weighted by Crippen LogP contribution is 2.19. The Morgan fingerprint density at radius 1 is 1.69 bits per heavy atom. The first-order valence-electron chi connectivity index (χ1n) is 3.42. The quantitative estimate of drug-likeness (QED) is 0.425. The van der Waals surface area contributed by atoms with Crippen molar-refractivity contribution in [2.75, 3.05) is 7.11 Å². The number of rotatable bonds is 3. The van der Waals surface area contributed by atoms with Gasteiger partial charge in [0.25, 0.3) is 0 Å². The topological polar surface area (TPSA) is 65.3 Å². The summed E-state index contributed by atoms with van der Waals surface area (Å²) in [4.78, 5) is 13.5. The Kier molecular flexibility index (Phi) is 3.02. The van der Waals surface area contributed by atoms with Crippen LogP contribution in [-0.2, 0) is 5.88 Å². The molecule has 1 rings (SSSR count). The number of methoxy groups -OCH3 is 1. The minimum Gasteiger partial charge on any atom is -0.496 e. The van der Waals surface area contributed by atoms with Crippen molar-refractivity contribution < 1.29 is 9.66 Å². The lowest BCUT2D eigenvalue weighted by Gasteiger charge is -1.99. The molecular weight excluding hydrogens is 196 g/mol. The summed E-state index contributed by atoms with van der Waals surface area (Å²) >= 11 is 5.49. The van der Waals surface area contributed by atoms with Crippen LogP contribution in [0.4, 0.5) is 5.82 Å². The molecule has 0 radical (unpaired) electrons. The summed E-state index contributed by atoms with van der Waals surface area (Å²) in [5.41, 5.74) is 0.424. The number of pyridine rings is 1. The molecule has 13 heavy (non-hydrogen) atoms. The van der Waals surface area contributed by atoms with Gasteiger partial charge in [-0.1, -0.05) is 0 Å². The molecule has 0 spiro atoms. The predicted octanol–water partition coefficient (Wildman–Crippen LogP) is 1.74. The first-order valence-corrected chi connectivity index (χ1v) is 3.96. The molecule has 0 unspecified atom stereocenters. The molecule has 70 valence electrons. The average molecular weight is 203 g/mol. The zero-order chi connectivity index (χ0) is 9.84. The fraction of sp³-hybridized carbons (Fsp3) is 0.286. The van der Waals surface area contributed by atoms with Gasteiger partial charge in [-0.25, -0.2) is 0 Å². The number of ether oxygens (including phenoxy) is 1. The van der Waals surface area contributed by atoms with Crippen LogP contribution < -0.4 is 4.74 Å². The molecular formula is C7H7ClN2O3. The molecule has 6 heteroatoms. The van der Waals surface area contributed by atoms with Crippen molar-refractivity contribution in [1.82, 2.24) is 4.98 Å². The molecule has 0 saturated carbocycles. The van der Waals surface area contributed by atoms with E-state index >= 15 is 0 Å². The van der Waals surface area contributed by atoms with E-state index < -0.39 is 4.92 Å². The third-order valence-electron chi connectivity index (χ3n) is 1.40. The molecule has 0 aliphatic rings. The fourth-order valence-corrected chi connectivity index (χ4v) is 0.962. The molecule has 5 nitrogen and oxygen atoms in total. The van der Waals surface area contributed by atoms with E-state index in [0.717, 1.165) is 0 Å². The van der Waals surface area contributed by atoms with Crippen molar-refractivity contribution >= 4 is 17.4 Å². The van der Waals surface area contributed by atoms with Crippen LogP contribution in [0.15, 0.2) is 12.1 Å². The Morgan fingerprint density at radius 2 is 2.38 bits per heavy atom. The van der Waals surface area contributed by atoms with Gasteiger partial charge in [0.2, 0.25) is 0 Å². The number of alkyl halides is 1. The maximum Gasteiger partial charge on any atom is 0.367 e. The zero-order valence-electron chi connectivity index (χ0n) is 6.86. The summed E-state index contributed by atoms with van der Waals surface area (Å²) < 4.78 is 4.84. The minimum absolute atomic E-state index is 0.123. The van der Waals surface area contributed by atoms with Crippen LogP contribution in [-0.4, -0.2) is 17.0 Å². The third-order valence-corrected chi connectivity index (χ3v) is 1.67. The Hall–Kier alpha value is -1.36. The normalized spacial score (nSPS) is 9.69. The van der Waals surface area contributed by atoms with Crippen molar-refractivity contribution in [3.8, 4) is 5.75 Å². The molecule has 0 aliphatic heterocycles. The SMILES string of the molecule is COc1cc(CCl)nc([N+](=O)[O-])c1. The van der Waals surface area contributed by atoms with Gasteiger partial charge in [0.05, 0.1) is 19.1 Å². The van der Waals surface area contributed by atoms with Crippen LogP contribution in [0.3, 0.4) is 0 Å². The second kappa shape index (κ2) is 4.04. The van der Waals surface area contributed by atoms with Crippen LogP contribution in [0.25, 0.3) is 0 Å². The summed E-state index contributed by atoms with van der Waals surface area (Å²) in [5.74, 6) is 0.255. The number of halogens is 1. The largest absolute Gasteiger partial charge is 0.496 e. The molecule has 0 saturated heterocycles. The number of nitrogens with zero attached hydrogens (tertiary/aromatic N) is 2. The van der Waals surface area contributed by atoms with Crippen LogP contribution in [0.1, 0.15) is 5.69 Å². The van der Waals surface area contributed by atoms with Crippen molar-refractivity contribution in [3.63, 3.8) is 0 Å². The van der Waals surface area contributed by atoms with Crippen LogP contribution in [0.2, 0.25) is 0 Å². The summed E-state index contributed by atoms with van der Waals surface area (Å²) in [6, 6.07) is 2.80. The average Bonchev–Trinajstić information content (AvgIpc) is 2.16. The standard InChI is InChI=1S/C7H7ClN2O3/c1-13-6-2-5(4-8)9-7(3-6)10(11)12/h2-3H,4H2,1H3. The van der Waals surface area contributed by atoms with Gasteiger partial charge in [-0.2, -0.15) is 0 Å². The number of hydrogen-bond acceptors (Lipinski definition) is 4. The summed E-state index contributed by atoms with van der Waals surface area (Å²) in [7, 11) is 1.43. The van der Waals surface area contributed by atoms with Gasteiger partial charge in [-0.3, -0.25) is 0 Å². The van der Waals surface area contributed by atoms with E-state index in [9.17, 15) is 10.1 Å². The highest BCUT2D eigenvalue weighted by Gasteiger charge is 2.12. The van der Waals surface area contributed by atoms with Gasteiger partial charge < -0.3 is 14.9 Å². The third kappa shape index (κ3) is 2.29. The number of aromatic nitrogens is 1. The summed E-state index contributed by atoms with van der Waals surface area (Å²) in [5, 5.41) is 10.4. The van der Waals surface area contributed by atoms with E-state index in [1.165, 1.54) is 13.2 Å². The van der Waals surface area contributed by atoms with Gasteiger partial charge in [0.15, 0.2) is 5.69 Å². The molecule has 0 aliphatic carbocycles. The van der Waals surface area contributed by atoms with E-state index in [1.54, 1.807) is 6.07 Å². The van der Waals surface area contributed by atoms with E-state index in [1.807, 2.05) is 0 Å². The maximum absolute atomic E-state index is 10.4. The second-order valence-electron chi connectivity index (χ2n) is 2.25. The highest BCUT2D eigenvalue weighted by molar-refractivity contribution is 6.16. The first kappa shape index (κ1) is 9.73. The van der Waals surface area contributed by atoms with Crippen molar-refractivity contribution in [2.24, 2.45) is 0 Å². The number of nitro groups is 1. The monoisotopic (exact) mass is 202 g/mol. The minimum atomic E-state index is -0.585. The van der Waals surface area contributed by atoms with Gasteiger partial charge in [0, 0.05) is 6.07 Å². The van der Waals surface area contributed by atoms with Gasteiger partial charge >= 0.3 is 5.82 Å². The number of hydrogen-bond donors (Lipinski definition) is 0. The van der Waals surface area contributed by atoms with Gasteiger partial charge in [0.1, 0.15) is 5.75 Å². The van der Waals surface area contributed by atoms with Crippen molar-refractivity contribution in [1.29, 1.82) is 0 Å². The van der Waals surface area contributed by atoms with Crippen molar-refractivity contribution in [3.05, 3.63) is 27.9 Å². The summed E-state index contributed by atoms with van der Waals surface area (Å²) in [6.07, 6.45) is 0. The lowest BCUT2D eigenvalue weighted by molar-refractivity contribution is -0.389. The molecule has 1 heterocycles. The maximum atomic E-state index is 10.4. The Balaban J connectivity index is 3.14. The van der Waals surface area contributed by atoms with E-state index in [-0.39, 0.29) is 11.7 Å². The highest BCUT2D eigenvalue weighted by atomic mass is 35.5. The molecule has 0 bridgehead atoms. The molecule has 1 aromatic heterocycles. The van der Waals surface area contributed by atoms with E-state index in [0.29, 0.717) is 11.4 Å². The lowest BCUT2D eigenvalue weighted by atomic mass is 10.3. The fourth-order valence-electron chi connectivity index (χ4n) is 0.825. The zero-order valence-corrected chi connectivity index (χ0v) is 7.61. The van der Waals surface area contributed by atoms with Gasteiger partial charge in [-0.15, -0.1) is 11.6 Å². The Labute approximate surface area is 79.5 Å².